The average molecular weight is 469 g/mol. The van der Waals surface area contributed by atoms with Crippen molar-refractivity contribution in [1.29, 1.82) is 0 Å². The Hall–Kier alpha value is -1.000. The molecule has 1 fully saturated rings. The van der Waals surface area contributed by atoms with E-state index >= 15 is 0 Å². The minimum atomic E-state index is -0.486. The van der Waals surface area contributed by atoms with Crippen LogP contribution in [0.4, 0.5) is 8.78 Å². The van der Waals surface area contributed by atoms with Gasteiger partial charge in [-0.3, -0.25) is 4.99 Å². The molecular weight excluding hydrogens is 443 g/mol. The number of aliphatic imine (C=N–C) groups is 1. The Balaban J connectivity index is 0.00000312. The van der Waals surface area contributed by atoms with Crippen molar-refractivity contribution in [3.63, 3.8) is 0 Å². The molecule has 0 aromatic heterocycles. The van der Waals surface area contributed by atoms with E-state index in [1.54, 1.807) is 14.2 Å². The molecule has 1 aromatic carbocycles. The highest BCUT2D eigenvalue weighted by atomic mass is 127. The summed E-state index contributed by atoms with van der Waals surface area (Å²) in [6.45, 7) is 2.52. The highest BCUT2D eigenvalue weighted by Crippen LogP contribution is 2.42. The van der Waals surface area contributed by atoms with Crippen LogP contribution in [0.5, 0.6) is 0 Å². The maximum absolute atomic E-state index is 13.8. The highest BCUT2D eigenvalue weighted by molar-refractivity contribution is 14.0. The van der Waals surface area contributed by atoms with E-state index in [0.29, 0.717) is 38.7 Å². The van der Waals surface area contributed by atoms with Crippen LogP contribution in [0, 0.1) is 11.6 Å². The number of rotatable bonds is 9. The molecular formula is C17H26F2IN3O2. The summed E-state index contributed by atoms with van der Waals surface area (Å²) < 4.78 is 37.8. The predicted octanol–water partition coefficient (Wildman–Crippen LogP) is 2.66. The normalized spacial score (nSPS) is 19.3. The van der Waals surface area contributed by atoms with E-state index in [9.17, 15) is 8.78 Å². The minimum Gasteiger partial charge on any atom is -0.382 e. The number of benzene rings is 1. The van der Waals surface area contributed by atoms with Gasteiger partial charge in [0, 0.05) is 44.8 Å². The summed E-state index contributed by atoms with van der Waals surface area (Å²) in [7, 11) is 3.31. The number of ether oxygens (including phenoxy) is 2. The summed E-state index contributed by atoms with van der Waals surface area (Å²) in [4.78, 5) is 4.13. The molecule has 1 saturated carbocycles. The first kappa shape index (κ1) is 22.0. The van der Waals surface area contributed by atoms with Crippen molar-refractivity contribution in [3.05, 3.63) is 35.4 Å². The summed E-state index contributed by atoms with van der Waals surface area (Å²) >= 11 is 0. The van der Waals surface area contributed by atoms with Gasteiger partial charge < -0.3 is 20.1 Å². The fourth-order valence-corrected chi connectivity index (χ4v) is 2.53. The zero-order chi connectivity index (χ0) is 17.4. The van der Waals surface area contributed by atoms with E-state index in [2.05, 4.69) is 15.6 Å². The molecule has 1 aliphatic rings. The molecule has 0 bridgehead atoms. The number of halogens is 3. The number of nitrogens with zero attached hydrogens (tertiary/aromatic N) is 1. The first-order valence-electron chi connectivity index (χ1n) is 8.15. The Bertz CT molecular complexity index is 540. The molecule has 0 aliphatic heterocycles. The van der Waals surface area contributed by atoms with Crippen LogP contribution in [0.3, 0.4) is 0 Å². The van der Waals surface area contributed by atoms with Gasteiger partial charge in [-0.05, 0) is 25.0 Å². The summed E-state index contributed by atoms with van der Waals surface area (Å²) in [6.07, 6.45) is 1.53. The highest BCUT2D eigenvalue weighted by Gasteiger charge is 2.42. The predicted molar refractivity (Wildman–Crippen MR) is 105 cm³/mol. The van der Waals surface area contributed by atoms with Crippen molar-refractivity contribution < 1.29 is 18.3 Å². The van der Waals surface area contributed by atoms with E-state index in [1.165, 1.54) is 18.2 Å². The van der Waals surface area contributed by atoms with Crippen LogP contribution in [0.2, 0.25) is 0 Å². The Morgan fingerprint density at radius 1 is 1.24 bits per heavy atom. The van der Waals surface area contributed by atoms with Crippen LogP contribution in [0.25, 0.3) is 0 Å². The molecule has 5 nitrogen and oxygen atoms in total. The molecule has 1 aromatic rings. The molecule has 25 heavy (non-hydrogen) atoms. The average Bonchev–Trinajstić information content (AvgIpc) is 3.31. The summed E-state index contributed by atoms with van der Waals surface area (Å²) in [5.74, 6) is -0.487. The van der Waals surface area contributed by atoms with Crippen LogP contribution in [0.1, 0.15) is 24.3 Å². The van der Waals surface area contributed by atoms with Crippen LogP contribution >= 0.6 is 24.0 Å². The minimum absolute atomic E-state index is 0. The van der Waals surface area contributed by atoms with Crippen molar-refractivity contribution in [2.45, 2.75) is 24.8 Å². The number of guanidine groups is 1. The molecule has 2 rings (SSSR count). The topological polar surface area (TPSA) is 54.9 Å². The fraction of sp³-hybridized carbons (Fsp3) is 0.588. The van der Waals surface area contributed by atoms with E-state index < -0.39 is 11.6 Å². The van der Waals surface area contributed by atoms with Gasteiger partial charge in [0.1, 0.15) is 11.6 Å². The molecule has 2 N–H and O–H groups in total. The third-order valence-corrected chi connectivity index (χ3v) is 3.90. The summed E-state index contributed by atoms with van der Waals surface area (Å²) in [5.41, 5.74) is 0.164. The first-order chi connectivity index (χ1) is 11.7. The second kappa shape index (κ2) is 11.6. The fourth-order valence-electron chi connectivity index (χ4n) is 2.53. The number of hydrogen-bond acceptors (Lipinski definition) is 3. The molecule has 0 spiro atoms. The third-order valence-electron chi connectivity index (χ3n) is 3.90. The Kier molecular flexibility index (Phi) is 10.2. The zero-order valence-electron chi connectivity index (χ0n) is 14.6. The van der Waals surface area contributed by atoms with E-state index in [-0.39, 0.29) is 41.5 Å². The lowest BCUT2D eigenvalue weighted by atomic mass is 10.1. The van der Waals surface area contributed by atoms with E-state index in [0.717, 1.165) is 6.42 Å². The summed E-state index contributed by atoms with van der Waals surface area (Å²) in [5, 5.41) is 6.37. The van der Waals surface area contributed by atoms with E-state index in [4.69, 9.17) is 9.47 Å². The van der Waals surface area contributed by atoms with Crippen LogP contribution < -0.4 is 10.6 Å². The second-order valence-corrected chi connectivity index (χ2v) is 5.69. The van der Waals surface area contributed by atoms with Gasteiger partial charge in [0.25, 0.3) is 0 Å². The van der Waals surface area contributed by atoms with Crippen molar-refractivity contribution >= 4 is 29.9 Å². The molecule has 2 atom stereocenters. The molecule has 0 saturated heterocycles. The number of nitrogens with one attached hydrogen (secondary N) is 2. The standard InChI is InChI=1S/C17H25F2N3O2.HI/c1-20-17(21-7-4-8-24-10-9-23-2)22-15-11-12(15)16-13(18)5-3-6-14(16)19;/h3,5-6,12,15H,4,7-11H2,1-2H3,(H2,20,21,22);1H. The zero-order valence-corrected chi connectivity index (χ0v) is 16.9. The number of methoxy groups -OCH3 is 1. The molecule has 8 heteroatoms. The smallest absolute Gasteiger partial charge is 0.191 e. The van der Waals surface area contributed by atoms with Gasteiger partial charge in [-0.25, -0.2) is 8.78 Å². The van der Waals surface area contributed by atoms with Crippen molar-refractivity contribution in [1.82, 2.24) is 10.6 Å². The van der Waals surface area contributed by atoms with Gasteiger partial charge in [-0.2, -0.15) is 0 Å². The third kappa shape index (κ3) is 7.02. The first-order valence-corrected chi connectivity index (χ1v) is 8.15. The lowest BCUT2D eigenvalue weighted by molar-refractivity contribution is 0.0698. The largest absolute Gasteiger partial charge is 0.382 e. The van der Waals surface area contributed by atoms with Crippen molar-refractivity contribution in [3.8, 4) is 0 Å². The molecule has 2 unspecified atom stereocenters. The van der Waals surface area contributed by atoms with Gasteiger partial charge in [-0.15, -0.1) is 24.0 Å². The SMILES string of the molecule is CN=C(NCCCOCCOC)NC1CC1c1c(F)cccc1F.I. The van der Waals surface area contributed by atoms with Crippen LogP contribution in [-0.4, -0.2) is 52.5 Å². The van der Waals surface area contributed by atoms with Crippen molar-refractivity contribution in [2.75, 3.05) is 40.5 Å². The maximum atomic E-state index is 13.8. The van der Waals surface area contributed by atoms with Crippen LogP contribution in [-0.2, 0) is 9.47 Å². The van der Waals surface area contributed by atoms with Gasteiger partial charge in [-0.1, -0.05) is 6.07 Å². The van der Waals surface area contributed by atoms with Gasteiger partial charge in [0.15, 0.2) is 5.96 Å². The van der Waals surface area contributed by atoms with E-state index in [1.807, 2.05) is 0 Å². The van der Waals surface area contributed by atoms with Gasteiger partial charge in [0.2, 0.25) is 0 Å². The van der Waals surface area contributed by atoms with Gasteiger partial charge >= 0.3 is 0 Å². The summed E-state index contributed by atoms with van der Waals surface area (Å²) in [6, 6.07) is 3.98. The van der Waals surface area contributed by atoms with Crippen LogP contribution in [0.15, 0.2) is 23.2 Å². The Morgan fingerprint density at radius 2 is 1.96 bits per heavy atom. The van der Waals surface area contributed by atoms with Crippen molar-refractivity contribution in [2.24, 2.45) is 4.99 Å². The molecule has 142 valence electrons. The van der Waals surface area contributed by atoms with Gasteiger partial charge in [0.05, 0.1) is 13.2 Å². The molecule has 1 aliphatic carbocycles. The second-order valence-electron chi connectivity index (χ2n) is 5.69. The maximum Gasteiger partial charge on any atom is 0.191 e. The Labute approximate surface area is 164 Å². The lowest BCUT2D eigenvalue weighted by Crippen LogP contribution is -2.39. The number of hydrogen-bond donors (Lipinski definition) is 2. The quantitative estimate of drug-likeness (QED) is 0.253. The Morgan fingerprint density at radius 3 is 2.60 bits per heavy atom. The lowest BCUT2D eigenvalue weighted by Gasteiger charge is -2.12. The monoisotopic (exact) mass is 469 g/mol. The molecule has 0 heterocycles. The molecule has 0 amide bonds. The molecule has 0 radical (unpaired) electrons.